The Kier molecular flexibility index (Phi) is 6.51. The summed E-state index contributed by atoms with van der Waals surface area (Å²) in [6, 6.07) is 2.65. The molecule has 0 aromatic carbocycles. The van der Waals surface area contributed by atoms with E-state index in [9.17, 15) is 9.59 Å². The average molecular weight is 390 g/mol. The minimum atomic E-state index is -0.615. The second-order valence-corrected chi connectivity index (χ2v) is 8.09. The first kappa shape index (κ1) is 20.5. The van der Waals surface area contributed by atoms with Crippen LogP contribution >= 0.6 is 0 Å². The fourth-order valence-electron chi connectivity index (χ4n) is 3.91. The van der Waals surface area contributed by atoms with Gasteiger partial charge in [0.1, 0.15) is 6.04 Å². The molecule has 1 aromatic rings. The smallest absolute Gasteiger partial charge is 0.253 e. The van der Waals surface area contributed by atoms with Crippen molar-refractivity contribution in [1.82, 2.24) is 20.5 Å². The summed E-state index contributed by atoms with van der Waals surface area (Å²) in [7, 11) is 1.52. The van der Waals surface area contributed by atoms with E-state index in [1.165, 1.54) is 13.3 Å². The maximum Gasteiger partial charge on any atom is 0.253 e. The van der Waals surface area contributed by atoms with Gasteiger partial charge in [-0.15, -0.1) is 0 Å². The highest BCUT2D eigenvalue weighted by Crippen LogP contribution is 2.25. The molecule has 2 aliphatic rings. The van der Waals surface area contributed by atoms with Crippen molar-refractivity contribution in [2.24, 2.45) is 5.92 Å². The Balaban J connectivity index is 1.74. The average Bonchev–Trinajstić information content (AvgIpc) is 2.78. The third-order valence-electron chi connectivity index (χ3n) is 5.26. The van der Waals surface area contributed by atoms with Crippen molar-refractivity contribution in [3.05, 3.63) is 23.9 Å². The standard InChI is InChI=1S/C20H30N4O4/c1-14(2)11-24-12-16(19(26)23-20(13-24)6-8-28-9-7-20)22-18(25)15-4-5-17(27-3)21-10-15/h4-5,10,14,16H,6-9,11-13H2,1-3H3,(H,22,25)(H,23,26). The molecule has 3 rings (SSSR count). The van der Waals surface area contributed by atoms with E-state index in [0.717, 1.165) is 25.9 Å². The topological polar surface area (TPSA) is 92.8 Å². The van der Waals surface area contributed by atoms with Gasteiger partial charge in [-0.05, 0) is 24.8 Å². The molecule has 8 heteroatoms. The predicted molar refractivity (Wildman–Crippen MR) is 104 cm³/mol. The second-order valence-electron chi connectivity index (χ2n) is 8.09. The van der Waals surface area contributed by atoms with Crippen molar-refractivity contribution in [3.63, 3.8) is 0 Å². The van der Waals surface area contributed by atoms with E-state index >= 15 is 0 Å². The van der Waals surface area contributed by atoms with Crippen LogP contribution in [0, 0.1) is 5.92 Å². The molecule has 1 aromatic heterocycles. The van der Waals surface area contributed by atoms with Crippen LogP contribution in [0.1, 0.15) is 37.0 Å². The van der Waals surface area contributed by atoms with Gasteiger partial charge in [0, 0.05) is 45.1 Å². The van der Waals surface area contributed by atoms with E-state index in [1.54, 1.807) is 12.1 Å². The summed E-state index contributed by atoms with van der Waals surface area (Å²) in [6.45, 7) is 7.74. The van der Waals surface area contributed by atoms with Crippen molar-refractivity contribution < 1.29 is 19.1 Å². The van der Waals surface area contributed by atoms with E-state index < -0.39 is 6.04 Å². The number of aromatic nitrogens is 1. The van der Waals surface area contributed by atoms with E-state index in [-0.39, 0.29) is 17.4 Å². The number of nitrogens with one attached hydrogen (secondary N) is 2. The number of hydrogen-bond acceptors (Lipinski definition) is 6. The van der Waals surface area contributed by atoms with Gasteiger partial charge in [0.2, 0.25) is 11.8 Å². The van der Waals surface area contributed by atoms with Gasteiger partial charge >= 0.3 is 0 Å². The molecule has 0 bridgehead atoms. The Morgan fingerprint density at radius 3 is 2.79 bits per heavy atom. The lowest BCUT2D eigenvalue weighted by Crippen LogP contribution is -2.57. The number of ether oxygens (including phenoxy) is 2. The van der Waals surface area contributed by atoms with Crippen LogP contribution in [0.5, 0.6) is 5.88 Å². The number of nitrogens with zero attached hydrogens (tertiary/aromatic N) is 2. The molecule has 3 heterocycles. The molecular weight excluding hydrogens is 360 g/mol. The summed E-state index contributed by atoms with van der Waals surface area (Å²) in [5.74, 6) is 0.450. The van der Waals surface area contributed by atoms with Crippen molar-refractivity contribution in [1.29, 1.82) is 0 Å². The van der Waals surface area contributed by atoms with E-state index in [0.29, 0.717) is 37.1 Å². The van der Waals surface area contributed by atoms with Crippen molar-refractivity contribution >= 4 is 11.8 Å². The minimum Gasteiger partial charge on any atom is -0.481 e. The molecule has 2 N–H and O–H groups in total. The zero-order valence-electron chi connectivity index (χ0n) is 16.9. The molecule has 1 unspecified atom stereocenters. The molecule has 0 aliphatic carbocycles. The molecule has 2 saturated heterocycles. The minimum absolute atomic E-state index is 0.136. The highest BCUT2D eigenvalue weighted by Gasteiger charge is 2.41. The molecule has 2 amide bonds. The normalized spacial score (nSPS) is 22.6. The molecular formula is C20H30N4O4. The summed E-state index contributed by atoms with van der Waals surface area (Å²) in [6.07, 6.45) is 3.03. The summed E-state index contributed by atoms with van der Waals surface area (Å²) in [4.78, 5) is 32.0. The lowest BCUT2D eigenvalue weighted by Gasteiger charge is -2.39. The molecule has 1 spiro atoms. The molecule has 1 atom stereocenters. The van der Waals surface area contributed by atoms with Gasteiger partial charge < -0.3 is 20.1 Å². The molecule has 0 saturated carbocycles. The first-order valence-electron chi connectivity index (χ1n) is 9.84. The zero-order chi connectivity index (χ0) is 20.1. The van der Waals surface area contributed by atoms with Gasteiger partial charge in [0.15, 0.2) is 0 Å². The Labute approximate surface area is 166 Å². The van der Waals surface area contributed by atoms with Crippen LogP contribution in [0.2, 0.25) is 0 Å². The molecule has 8 nitrogen and oxygen atoms in total. The highest BCUT2D eigenvalue weighted by molar-refractivity contribution is 5.97. The number of pyridine rings is 1. The zero-order valence-corrected chi connectivity index (χ0v) is 16.9. The summed E-state index contributed by atoms with van der Waals surface area (Å²) < 4.78 is 10.5. The molecule has 28 heavy (non-hydrogen) atoms. The van der Waals surface area contributed by atoms with Gasteiger partial charge in [0.25, 0.3) is 5.91 Å². The molecule has 0 radical (unpaired) electrons. The lowest BCUT2D eigenvalue weighted by molar-refractivity contribution is -0.125. The number of methoxy groups -OCH3 is 1. The third-order valence-corrected chi connectivity index (χ3v) is 5.26. The van der Waals surface area contributed by atoms with Crippen LogP contribution in [0.25, 0.3) is 0 Å². The maximum atomic E-state index is 13.0. The Hall–Kier alpha value is -2.19. The van der Waals surface area contributed by atoms with Crippen LogP contribution in [0.3, 0.4) is 0 Å². The lowest BCUT2D eigenvalue weighted by atomic mass is 9.89. The van der Waals surface area contributed by atoms with E-state index in [4.69, 9.17) is 9.47 Å². The quantitative estimate of drug-likeness (QED) is 0.774. The van der Waals surface area contributed by atoms with Crippen LogP contribution in [0.4, 0.5) is 0 Å². The fraction of sp³-hybridized carbons (Fsp3) is 0.650. The Morgan fingerprint density at radius 1 is 1.43 bits per heavy atom. The number of hydrogen-bond donors (Lipinski definition) is 2. The van der Waals surface area contributed by atoms with Crippen molar-refractivity contribution in [3.8, 4) is 5.88 Å². The summed E-state index contributed by atoms with van der Waals surface area (Å²) in [5, 5.41) is 6.09. The van der Waals surface area contributed by atoms with Crippen LogP contribution in [-0.2, 0) is 9.53 Å². The van der Waals surface area contributed by atoms with Gasteiger partial charge in [-0.25, -0.2) is 4.98 Å². The first-order valence-corrected chi connectivity index (χ1v) is 9.84. The third kappa shape index (κ3) is 4.99. The number of rotatable bonds is 5. The predicted octanol–water partition coefficient (Wildman–Crippen LogP) is 0.826. The Bertz CT molecular complexity index is 686. The van der Waals surface area contributed by atoms with Gasteiger partial charge in [0.05, 0.1) is 18.2 Å². The largest absolute Gasteiger partial charge is 0.481 e. The van der Waals surface area contributed by atoms with Crippen LogP contribution < -0.4 is 15.4 Å². The van der Waals surface area contributed by atoms with Gasteiger partial charge in [-0.3, -0.25) is 14.5 Å². The number of amides is 2. The molecule has 154 valence electrons. The monoisotopic (exact) mass is 390 g/mol. The first-order chi connectivity index (χ1) is 13.4. The number of carbonyl (C=O) groups is 2. The highest BCUT2D eigenvalue weighted by atomic mass is 16.5. The van der Waals surface area contributed by atoms with Gasteiger partial charge in [-0.1, -0.05) is 13.8 Å². The Morgan fingerprint density at radius 2 is 2.18 bits per heavy atom. The second kappa shape index (κ2) is 8.87. The summed E-state index contributed by atoms with van der Waals surface area (Å²) in [5.41, 5.74) is 0.111. The summed E-state index contributed by atoms with van der Waals surface area (Å²) >= 11 is 0. The molecule has 2 aliphatic heterocycles. The van der Waals surface area contributed by atoms with Gasteiger partial charge in [-0.2, -0.15) is 0 Å². The number of carbonyl (C=O) groups excluding carboxylic acids is 2. The van der Waals surface area contributed by atoms with Crippen LogP contribution in [0.15, 0.2) is 18.3 Å². The van der Waals surface area contributed by atoms with Crippen molar-refractivity contribution in [2.75, 3.05) is 40.0 Å². The van der Waals surface area contributed by atoms with E-state index in [2.05, 4.69) is 34.4 Å². The van der Waals surface area contributed by atoms with E-state index in [1.807, 2.05) is 0 Å². The maximum absolute atomic E-state index is 13.0. The van der Waals surface area contributed by atoms with Crippen molar-refractivity contribution in [2.45, 2.75) is 38.3 Å². The molecule has 2 fully saturated rings. The SMILES string of the molecule is COc1ccc(C(=O)NC2CN(CC(C)C)CC3(CCOCC3)NC2=O)cn1. The fourth-order valence-corrected chi connectivity index (χ4v) is 3.91. The van der Waals surface area contributed by atoms with Crippen LogP contribution in [-0.4, -0.2) is 73.2 Å².